The summed E-state index contributed by atoms with van der Waals surface area (Å²) >= 11 is 0. The third kappa shape index (κ3) is 2.79. The second kappa shape index (κ2) is 4.41. The maximum Gasteiger partial charge on any atom is 0.142 e. The average molecular weight is 199 g/mol. The zero-order valence-corrected chi connectivity index (χ0v) is 9.59. The Labute approximate surface area is 86.2 Å². The van der Waals surface area contributed by atoms with Crippen molar-refractivity contribution in [2.75, 3.05) is 13.7 Å². The van der Waals surface area contributed by atoms with Gasteiger partial charge in [-0.15, -0.1) is 0 Å². The molecule has 1 aliphatic rings. The molecule has 3 heteroatoms. The Morgan fingerprint density at radius 3 is 2.36 bits per heavy atom. The third-order valence-corrected chi connectivity index (χ3v) is 2.76. The van der Waals surface area contributed by atoms with Crippen LogP contribution in [0.4, 0.5) is 0 Å². The van der Waals surface area contributed by atoms with E-state index in [1.807, 2.05) is 20.8 Å². The molecule has 1 fully saturated rings. The molecule has 0 aliphatic carbocycles. The van der Waals surface area contributed by atoms with Gasteiger partial charge in [-0.05, 0) is 12.8 Å². The summed E-state index contributed by atoms with van der Waals surface area (Å²) in [6, 6.07) is 0. The van der Waals surface area contributed by atoms with Crippen molar-refractivity contribution in [3.05, 3.63) is 0 Å². The number of rotatable bonds is 2. The Bertz CT molecular complexity index is 200. The molecule has 1 rings (SSSR count). The first-order valence-electron chi connectivity index (χ1n) is 5.25. The van der Waals surface area contributed by atoms with Crippen LogP contribution in [0.5, 0.6) is 0 Å². The molecule has 2 unspecified atom stereocenters. The Morgan fingerprint density at radius 2 is 2.00 bits per heavy atom. The van der Waals surface area contributed by atoms with E-state index in [-0.39, 0.29) is 17.6 Å². The number of nitrogens with one attached hydrogen (secondary N) is 1. The molecule has 0 aromatic heterocycles. The van der Waals surface area contributed by atoms with Crippen molar-refractivity contribution in [3.8, 4) is 0 Å². The van der Waals surface area contributed by atoms with E-state index >= 15 is 0 Å². The van der Waals surface area contributed by atoms with E-state index in [0.29, 0.717) is 5.78 Å². The van der Waals surface area contributed by atoms with Crippen molar-refractivity contribution >= 4 is 5.78 Å². The summed E-state index contributed by atoms with van der Waals surface area (Å²) in [6.07, 6.45) is 2.02. The number of ketones is 1. The lowest BCUT2D eigenvalue weighted by Gasteiger charge is -2.31. The molecule has 2 atom stereocenters. The molecule has 0 amide bonds. The van der Waals surface area contributed by atoms with Gasteiger partial charge in [0.15, 0.2) is 0 Å². The van der Waals surface area contributed by atoms with Crippen LogP contribution >= 0.6 is 0 Å². The first-order valence-corrected chi connectivity index (χ1v) is 5.25. The summed E-state index contributed by atoms with van der Waals surface area (Å²) in [5.41, 5.74) is -0.216. The minimum absolute atomic E-state index is 0.138. The highest BCUT2D eigenvalue weighted by atomic mass is 16.5. The SMILES string of the molecule is COC1CCC(C(=O)C(C)(C)C)CN1. The zero-order chi connectivity index (χ0) is 10.8. The van der Waals surface area contributed by atoms with E-state index in [4.69, 9.17) is 4.74 Å². The molecule has 0 bridgehead atoms. The summed E-state index contributed by atoms with van der Waals surface area (Å²) < 4.78 is 5.18. The molecule has 0 aromatic rings. The fourth-order valence-corrected chi connectivity index (χ4v) is 1.87. The lowest BCUT2D eigenvalue weighted by molar-refractivity contribution is -0.132. The Morgan fingerprint density at radius 1 is 1.36 bits per heavy atom. The highest BCUT2D eigenvalue weighted by Gasteiger charge is 2.32. The van der Waals surface area contributed by atoms with E-state index in [0.717, 1.165) is 19.4 Å². The van der Waals surface area contributed by atoms with Gasteiger partial charge in [0, 0.05) is 25.0 Å². The van der Waals surface area contributed by atoms with Crippen LogP contribution in [0.15, 0.2) is 0 Å². The van der Waals surface area contributed by atoms with Gasteiger partial charge in [-0.2, -0.15) is 0 Å². The molecule has 0 saturated carbocycles. The van der Waals surface area contributed by atoms with Gasteiger partial charge in [0.1, 0.15) is 12.0 Å². The van der Waals surface area contributed by atoms with E-state index < -0.39 is 0 Å². The number of hydrogen-bond acceptors (Lipinski definition) is 3. The predicted octanol–water partition coefficient (Wildman–Crippen LogP) is 1.57. The quantitative estimate of drug-likeness (QED) is 0.733. The standard InChI is InChI=1S/C11H21NO2/c1-11(2,3)10(13)8-5-6-9(14-4)12-7-8/h8-9,12H,5-7H2,1-4H3. The minimum Gasteiger partial charge on any atom is -0.367 e. The van der Waals surface area contributed by atoms with Gasteiger partial charge in [-0.1, -0.05) is 20.8 Å². The normalized spacial score (nSPS) is 28.9. The molecular weight excluding hydrogens is 178 g/mol. The molecule has 0 aromatic carbocycles. The topological polar surface area (TPSA) is 38.3 Å². The minimum atomic E-state index is -0.216. The smallest absolute Gasteiger partial charge is 0.142 e. The summed E-state index contributed by atoms with van der Waals surface area (Å²) in [5.74, 6) is 0.529. The molecule has 1 heterocycles. The van der Waals surface area contributed by atoms with Crippen LogP contribution in [-0.4, -0.2) is 25.7 Å². The lowest BCUT2D eigenvalue weighted by atomic mass is 9.80. The molecule has 1 N–H and O–H groups in total. The van der Waals surface area contributed by atoms with Gasteiger partial charge in [0.25, 0.3) is 0 Å². The first-order chi connectivity index (χ1) is 6.45. The number of piperidine rings is 1. The number of methoxy groups -OCH3 is 1. The maximum atomic E-state index is 11.9. The van der Waals surface area contributed by atoms with Gasteiger partial charge < -0.3 is 4.74 Å². The van der Waals surface area contributed by atoms with Crippen molar-refractivity contribution in [1.82, 2.24) is 5.32 Å². The van der Waals surface area contributed by atoms with Crippen LogP contribution in [0.1, 0.15) is 33.6 Å². The van der Waals surface area contributed by atoms with Gasteiger partial charge in [-0.25, -0.2) is 0 Å². The number of hydrogen-bond donors (Lipinski definition) is 1. The molecule has 1 saturated heterocycles. The van der Waals surface area contributed by atoms with Gasteiger partial charge in [0.2, 0.25) is 0 Å². The average Bonchev–Trinajstić information content (AvgIpc) is 2.15. The molecule has 1 aliphatic heterocycles. The van der Waals surface area contributed by atoms with Crippen molar-refractivity contribution in [2.24, 2.45) is 11.3 Å². The van der Waals surface area contributed by atoms with Crippen molar-refractivity contribution in [1.29, 1.82) is 0 Å². The van der Waals surface area contributed by atoms with Crippen LogP contribution in [-0.2, 0) is 9.53 Å². The molecule has 0 radical (unpaired) electrons. The second-order valence-electron chi connectivity index (χ2n) is 5.02. The molecule has 3 nitrogen and oxygen atoms in total. The van der Waals surface area contributed by atoms with Crippen LogP contribution < -0.4 is 5.32 Å². The fourth-order valence-electron chi connectivity index (χ4n) is 1.87. The van der Waals surface area contributed by atoms with Crippen molar-refractivity contribution in [2.45, 2.75) is 39.8 Å². The molecular formula is C11H21NO2. The van der Waals surface area contributed by atoms with Gasteiger partial charge in [-0.3, -0.25) is 10.1 Å². The summed E-state index contributed by atoms with van der Waals surface area (Å²) in [6.45, 7) is 6.71. The number of ether oxygens (including phenoxy) is 1. The highest BCUT2D eigenvalue weighted by molar-refractivity contribution is 5.86. The van der Waals surface area contributed by atoms with Crippen LogP contribution in [0.2, 0.25) is 0 Å². The second-order valence-corrected chi connectivity index (χ2v) is 5.02. The van der Waals surface area contributed by atoms with Gasteiger partial charge >= 0.3 is 0 Å². The third-order valence-electron chi connectivity index (χ3n) is 2.76. The number of carbonyl (C=O) groups is 1. The number of Topliss-reactive ketones (excluding diaryl/α,β-unsaturated/α-hetero) is 1. The Kier molecular flexibility index (Phi) is 3.67. The highest BCUT2D eigenvalue weighted by Crippen LogP contribution is 2.25. The molecule has 0 spiro atoms. The predicted molar refractivity (Wildman–Crippen MR) is 56.0 cm³/mol. The van der Waals surface area contributed by atoms with Crippen LogP contribution in [0, 0.1) is 11.3 Å². The molecule has 14 heavy (non-hydrogen) atoms. The lowest BCUT2D eigenvalue weighted by Crippen LogP contribution is -2.45. The van der Waals surface area contributed by atoms with E-state index in [1.165, 1.54) is 0 Å². The van der Waals surface area contributed by atoms with Gasteiger partial charge in [0.05, 0.1) is 0 Å². The monoisotopic (exact) mass is 199 g/mol. The van der Waals surface area contributed by atoms with E-state index in [1.54, 1.807) is 7.11 Å². The summed E-state index contributed by atoms with van der Waals surface area (Å²) in [4.78, 5) is 11.9. The van der Waals surface area contributed by atoms with Crippen LogP contribution in [0.3, 0.4) is 0 Å². The van der Waals surface area contributed by atoms with Crippen LogP contribution in [0.25, 0.3) is 0 Å². The van der Waals surface area contributed by atoms with E-state index in [2.05, 4.69) is 5.32 Å². The fraction of sp³-hybridized carbons (Fsp3) is 0.909. The summed E-state index contributed by atoms with van der Waals surface area (Å²) in [7, 11) is 1.70. The van der Waals surface area contributed by atoms with Crippen molar-refractivity contribution < 1.29 is 9.53 Å². The number of carbonyl (C=O) groups excluding carboxylic acids is 1. The largest absolute Gasteiger partial charge is 0.367 e. The van der Waals surface area contributed by atoms with E-state index in [9.17, 15) is 4.79 Å². The maximum absolute atomic E-state index is 11.9. The summed E-state index contributed by atoms with van der Waals surface area (Å²) in [5, 5.41) is 3.23. The zero-order valence-electron chi connectivity index (χ0n) is 9.59. The Balaban J connectivity index is 2.46. The van der Waals surface area contributed by atoms with Crippen molar-refractivity contribution in [3.63, 3.8) is 0 Å². The molecule has 82 valence electrons. The first kappa shape index (κ1) is 11.7. The Hall–Kier alpha value is -0.410.